The summed E-state index contributed by atoms with van der Waals surface area (Å²) in [5.74, 6) is 1.77. The number of anilines is 4. The third-order valence-electron chi connectivity index (χ3n) is 13.8. The van der Waals surface area contributed by atoms with Crippen molar-refractivity contribution in [3.8, 4) is 46.4 Å². The minimum absolute atomic E-state index is 0. The zero-order valence-electron chi connectivity index (χ0n) is 53.4. The predicted molar refractivity (Wildman–Crippen MR) is 367 cm³/mol. The van der Waals surface area contributed by atoms with Crippen LogP contribution in [0.2, 0.25) is 0 Å². The Morgan fingerprint density at radius 1 is 0.520 bits per heavy atom. The molecule has 33 heteroatoms. The number of benzene rings is 5. The van der Waals surface area contributed by atoms with Crippen LogP contribution in [0.15, 0.2) is 121 Å². The van der Waals surface area contributed by atoms with Crippen molar-refractivity contribution >= 4 is 46.6 Å². The van der Waals surface area contributed by atoms with Crippen LogP contribution in [-0.4, -0.2) is 204 Å². The number of nitrogens with one attached hydrogen (secondary N) is 2. The Bertz CT molecular complexity index is 3450. The SMILES string of the molecule is C.C.C.C.C.C.CC(=O)c1[nH]nnc1Oc1ccc(N2CCOCC2)cc1.COc1ccc(Cn2nnc(C(C)=O)c2Oc2ccc(N3CCOCC3)cc2)cc1.O=C(O)c1[nH]nnc1Oc1ccc(N2CCOCC2)cc1.O=CC(F)(F)F.Oc1ccc(N2CCOCC2)cc1.[H-].[Na+].[Na+].[OH-]. The first kappa shape index (κ1) is 93.8. The van der Waals surface area contributed by atoms with Crippen LogP contribution in [-0.2, 0) is 30.3 Å². The molecule has 0 amide bonds. The summed E-state index contributed by atoms with van der Waals surface area (Å²) in [6, 6.07) is 37.7. The van der Waals surface area contributed by atoms with E-state index in [1.54, 1.807) is 36.1 Å². The van der Waals surface area contributed by atoms with E-state index in [4.69, 9.17) is 52.9 Å². The number of ether oxygens (including phenoxy) is 8. The number of carbonyl (C=O) groups excluding carboxylic acids is 3. The van der Waals surface area contributed by atoms with Crippen LogP contribution in [0.5, 0.6) is 46.4 Å². The van der Waals surface area contributed by atoms with Crippen LogP contribution in [0.1, 0.15) is 96.9 Å². The third kappa shape index (κ3) is 29.2. The average molecular weight is 1420 g/mol. The van der Waals surface area contributed by atoms with Gasteiger partial charge < -0.3 is 74.6 Å². The van der Waals surface area contributed by atoms with Crippen molar-refractivity contribution in [3.63, 3.8) is 0 Å². The van der Waals surface area contributed by atoms with Gasteiger partial charge in [-0.3, -0.25) is 19.5 Å². The van der Waals surface area contributed by atoms with Crippen LogP contribution in [0.25, 0.3) is 0 Å². The predicted octanol–water partition coefficient (Wildman–Crippen LogP) is 5.67. The molecule has 0 bridgehead atoms. The molecule has 8 aromatic rings. The quantitative estimate of drug-likeness (QED) is 0.0514. The van der Waals surface area contributed by atoms with Gasteiger partial charge in [-0.15, -0.1) is 5.10 Å². The number of aromatic nitrogens is 9. The Hall–Kier alpha value is -8.21. The van der Waals surface area contributed by atoms with Gasteiger partial charge in [-0.25, -0.2) is 14.6 Å². The molecular formula is C67H94F3N13Na2O15. The van der Waals surface area contributed by atoms with Crippen LogP contribution < -0.4 is 97.7 Å². The molecule has 5 aromatic carbocycles. The van der Waals surface area contributed by atoms with Crippen LogP contribution in [0.4, 0.5) is 35.9 Å². The number of hydrogen-bond acceptors (Lipinski definition) is 24. The van der Waals surface area contributed by atoms with Gasteiger partial charge in [0.1, 0.15) is 28.7 Å². The number of carboxylic acids is 1. The van der Waals surface area contributed by atoms with Gasteiger partial charge in [0.2, 0.25) is 17.9 Å². The zero-order valence-corrected chi connectivity index (χ0v) is 56.4. The standard InChI is InChI=1S/C22H24N4O4.C14H16N4O3.C13H14N4O4.C10H13NO2.C2HF3O.6CH4.2Na.H2O.H/c1-16(27)21-22(26(24-23-21)15-17-3-7-19(28-2)8-4-17)30-20-9-5-18(6-10-20)25-11-13-29-14-12-25;1-10(19)13-14(16-17-15-13)21-12-4-2-11(3-5-12)18-6-8-20-9-7-18;18-13(19)11-12(15-16-14-11)21-10-3-1-9(2-4-10)17-5-7-20-8-6-17;12-10-3-1-9(2-4-10)11-5-7-13-8-6-11;3-2(4,5)1-6;;;;;;;;;;/h3-10H,11-15H2,1-2H3;2-5H,6-9H2,1H3,(H,15,16,17);1-4H,5-8H2,(H,18,19)(H,14,15,16);1-4,12H,5-8H2;1H;6*1H4;;;1H2;/q;;;;;;;;;;;2*+1;;-1/p-1. The number of aromatic hydroxyl groups is 1. The maximum atomic E-state index is 12.0. The van der Waals surface area contributed by atoms with Crippen molar-refractivity contribution in [1.82, 2.24) is 45.8 Å². The van der Waals surface area contributed by atoms with Crippen LogP contribution in [0, 0.1) is 0 Å². The molecule has 0 saturated carbocycles. The number of phenolic OH excluding ortho intramolecular Hbond substituents is 1. The van der Waals surface area contributed by atoms with E-state index in [0.717, 1.165) is 139 Å². The molecule has 540 valence electrons. The number of methoxy groups -OCH3 is 1. The topological polar surface area (TPSA) is 339 Å². The number of Topliss-reactive ketones (excluding diaryl/α,β-unsaturated/α-hetero) is 2. The molecule has 4 fully saturated rings. The second-order valence-electron chi connectivity index (χ2n) is 20.0. The Balaban J connectivity index is -0.00000123. The van der Waals surface area contributed by atoms with E-state index in [1.807, 2.05) is 97.1 Å². The molecule has 0 unspecified atom stereocenters. The number of ketones is 2. The number of nitrogens with zero attached hydrogens (tertiary/aromatic N) is 11. The Labute approximate surface area is 628 Å². The molecule has 28 nitrogen and oxygen atoms in total. The number of H-pyrrole nitrogens is 2. The largest absolute Gasteiger partial charge is 1.00 e. The first-order chi connectivity index (χ1) is 44.0. The number of aromatic amines is 2. The number of carboxylic acid groups (broad SMARTS) is 1. The van der Waals surface area contributed by atoms with Gasteiger partial charge in [0.25, 0.3) is 11.8 Å². The molecule has 100 heavy (non-hydrogen) atoms. The summed E-state index contributed by atoms with van der Waals surface area (Å²) in [5.41, 5.74) is 5.76. The maximum absolute atomic E-state index is 12.0. The fourth-order valence-electron chi connectivity index (χ4n) is 9.04. The minimum Gasteiger partial charge on any atom is -1.00 e. The van der Waals surface area contributed by atoms with Crippen molar-refractivity contribution in [2.45, 2.75) is 71.1 Å². The summed E-state index contributed by atoms with van der Waals surface area (Å²) in [7, 11) is 1.63. The summed E-state index contributed by atoms with van der Waals surface area (Å²) >= 11 is 0. The molecule has 12 rings (SSSR count). The number of phenols is 1. The van der Waals surface area contributed by atoms with Gasteiger partial charge in [0, 0.05) is 89.0 Å². The van der Waals surface area contributed by atoms with E-state index >= 15 is 0 Å². The van der Waals surface area contributed by atoms with Crippen LogP contribution >= 0.6 is 0 Å². The van der Waals surface area contributed by atoms with Gasteiger partial charge in [-0.2, -0.15) is 13.2 Å². The zero-order chi connectivity index (χ0) is 64.5. The monoisotopic (exact) mass is 1420 g/mol. The number of aromatic carboxylic acids is 1. The second kappa shape index (κ2) is 47.8. The van der Waals surface area contributed by atoms with Gasteiger partial charge in [-0.1, -0.05) is 82.5 Å². The van der Waals surface area contributed by atoms with E-state index in [0.29, 0.717) is 35.4 Å². The number of hydrogen-bond donors (Lipinski definition) is 4. The van der Waals surface area contributed by atoms with E-state index < -0.39 is 18.4 Å². The van der Waals surface area contributed by atoms with E-state index in [1.165, 1.54) is 13.8 Å². The van der Waals surface area contributed by atoms with Crippen molar-refractivity contribution in [3.05, 3.63) is 144 Å². The first-order valence-corrected chi connectivity index (χ1v) is 28.6. The van der Waals surface area contributed by atoms with E-state index in [9.17, 15) is 27.6 Å². The molecule has 7 heterocycles. The van der Waals surface area contributed by atoms with Crippen molar-refractivity contribution < 1.29 is 146 Å². The summed E-state index contributed by atoms with van der Waals surface area (Å²) in [5, 5.41) is 45.4. The van der Waals surface area contributed by atoms with E-state index in [2.05, 4.69) is 60.7 Å². The Morgan fingerprint density at radius 3 is 1.16 bits per heavy atom. The van der Waals surface area contributed by atoms with Crippen molar-refractivity contribution in [2.24, 2.45) is 0 Å². The maximum Gasteiger partial charge on any atom is 1.00 e. The molecule has 5 N–H and O–H groups in total. The smallest absolute Gasteiger partial charge is 1.00 e. The van der Waals surface area contributed by atoms with E-state index in [-0.39, 0.29) is 151 Å². The fourth-order valence-corrected chi connectivity index (χ4v) is 9.04. The number of morpholine rings is 4. The van der Waals surface area contributed by atoms with Gasteiger partial charge in [0.05, 0.1) is 66.5 Å². The Morgan fingerprint density at radius 2 is 0.840 bits per heavy atom. The molecule has 4 aliphatic heterocycles. The van der Waals surface area contributed by atoms with Crippen molar-refractivity contribution in [1.29, 1.82) is 0 Å². The Kier molecular flexibility index (Phi) is 44.8. The number of carbonyl (C=O) groups is 4. The van der Waals surface area contributed by atoms with Gasteiger partial charge in [0.15, 0.2) is 23.0 Å². The molecule has 0 atom stereocenters. The van der Waals surface area contributed by atoms with Crippen molar-refractivity contribution in [2.75, 3.05) is 132 Å². The molecule has 0 aliphatic carbocycles. The molecule has 0 radical (unpaired) electrons. The number of rotatable bonds is 16. The molecular weight excluding hydrogens is 1330 g/mol. The fraction of sp³-hybridized carbons (Fsp3) is 0.403. The normalized spacial score (nSPS) is 13.4. The summed E-state index contributed by atoms with van der Waals surface area (Å²) in [6.45, 7) is 16.4. The molecule has 0 spiro atoms. The molecule has 3 aromatic heterocycles. The molecule has 4 saturated heterocycles. The summed E-state index contributed by atoms with van der Waals surface area (Å²) in [6.07, 6.45) is -5.70. The number of alkyl halides is 3. The van der Waals surface area contributed by atoms with Gasteiger partial charge in [-0.05, 0) is 115 Å². The summed E-state index contributed by atoms with van der Waals surface area (Å²) in [4.78, 5) is 52.0. The number of aldehydes is 1. The average Bonchev–Trinajstić information content (AvgIpc) is 1.77. The number of halogens is 3. The van der Waals surface area contributed by atoms with Crippen LogP contribution in [0.3, 0.4) is 0 Å². The summed E-state index contributed by atoms with van der Waals surface area (Å²) < 4.78 is 76.4. The third-order valence-corrected chi connectivity index (χ3v) is 13.8. The first-order valence-electron chi connectivity index (χ1n) is 28.6. The van der Waals surface area contributed by atoms with Gasteiger partial charge >= 0.3 is 71.3 Å². The molecule has 4 aliphatic rings. The second-order valence-corrected chi connectivity index (χ2v) is 20.0. The minimum atomic E-state index is -4.64.